The number of rotatable bonds is 3. The number of benzene rings is 1. The van der Waals surface area contributed by atoms with Gasteiger partial charge in [-0.2, -0.15) is 0 Å². The zero-order valence-corrected chi connectivity index (χ0v) is 11.8. The number of nitrogens with zero attached hydrogens (tertiary/aromatic N) is 1. The summed E-state index contributed by atoms with van der Waals surface area (Å²) >= 11 is 0. The first-order valence-corrected chi connectivity index (χ1v) is 7.89. The maximum Gasteiger partial charge on any atom is 0.264 e. The molecule has 106 valence electrons. The second kappa shape index (κ2) is 4.80. The molecule has 1 unspecified atom stereocenters. The van der Waals surface area contributed by atoms with Crippen LogP contribution in [0.25, 0.3) is 0 Å². The highest BCUT2D eigenvalue weighted by molar-refractivity contribution is 5.83. The molecule has 1 aromatic carbocycles. The van der Waals surface area contributed by atoms with Gasteiger partial charge in [-0.05, 0) is 37.3 Å². The van der Waals surface area contributed by atoms with E-state index in [1.807, 2.05) is 18.2 Å². The maximum atomic E-state index is 12.9. The van der Waals surface area contributed by atoms with Crippen molar-refractivity contribution in [2.24, 2.45) is 0 Å². The molecular weight excluding hydrogens is 250 g/mol. The highest BCUT2D eigenvalue weighted by Crippen LogP contribution is 2.37. The summed E-state index contributed by atoms with van der Waals surface area (Å²) in [6.07, 6.45) is 7.73. The van der Waals surface area contributed by atoms with Gasteiger partial charge in [-0.3, -0.25) is 4.79 Å². The third kappa shape index (κ3) is 2.09. The van der Waals surface area contributed by atoms with Gasteiger partial charge in [0.2, 0.25) is 0 Å². The lowest BCUT2D eigenvalue weighted by atomic mass is 10.1. The largest absolute Gasteiger partial charge is 0.480 e. The number of hydrogen-bond acceptors (Lipinski definition) is 2. The van der Waals surface area contributed by atoms with E-state index in [1.165, 1.54) is 44.1 Å². The molecule has 3 nitrogen and oxygen atoms in total. The van der Waals surface area contributed by atoms with Crippen molar-refractivity contribution in [3.63, 3.8) is 0 Å². The molecule has 0 saturated heterocycles. The predicted octanol–water partition coefficient (Wildman–Crippen LogP) is 2.92. The first-order valence-electron chi connectivity index (χ1n) is 7.89. The number of para-hydroxylation sites is 1. The van der Waals surface area contributed by atoms with E-state index in [-0.39, 0.29) is 12.0 Å². The summed E-state index contributed by atoms with van der Waals surface area (Å²) in [4.78, 5) is 15.1. The quantitative estimate of drug-likeness (QED) is 0.846. The molecule has 0 aromatic heterocycles. The van der Waals surface area contributed by atoms with Crippen LogP contribution < -0.4 is 4.74 Å². The molecule has 0 N–H and O–H groups in total. The van der Waals surface area contributed by atoms with Crippen LogP contribution in [0, 0.1) is 0 Å². The molecule has 3 heteroatoms. The van der Waals surface area contributed by atoms with Crippen molar-refractivity contribution in [3.05, 3.63) is 29.8 Å². The van der Waals surface area contributed by atoms with Gasteiger partial charge in [0, 0.05) is 18.5 Å². The molecule has 1 atom stereocenters. The number of carbonyl (C=O) groups excluding carboxylic acids is 1. The topological polar surface area (TPSA) is 29.5 Å². The van der Waals surface area contributed by atoms with Gasteiger partial charge in [0.1, 0.15) is 5.75 Å². The SMILES string of the molecule is O=C(C1Cc2ccccc2O1)N(C1CCCC1)C1CC1. The standard InChI is InChI=1S/C17H21NO2/c19-17(16-11-12-5-1-4-8-15(12)20-16)18(14-9-10-14)13-6-2-3-7-13/h1,4-5,8,13-14,16H,2-3,6-7,9-11H2. The predicted molar refractivity (Wildman–Crippen MR) is 76.7 cm³/mol. The fourth-order valence-electron chi connectivity index (χ4n) is 3.68. The van der Waals surface area contributed by atoms with Crippen LogP contribution in [0.4, 0.5) is 0 Å². The third-order valence-corrected chi connectivity index (χ3v) is 4.84. The molecule has 0 radical (unpaired) electrons. The fraction of sp³-hybridized carbons (Fsp3) is 0.588. The number of hydrogen-bond donors (Lipinski definition) is 0. The van der Waals surface area contributed by atoms with Crippen molar-refractivity contribution < 1.29 is 9.53 Å². The summed E-state index contributed by atoms with van der Waals surface area (Å²) in [5.74, 6) is 1.13. The van der Waals surface area contributed by atoms with E-state index in [1.54, 1.807) is 0 Å². The number of fused-ring (bicyclic) bond motifs is 1. The van der Waals surface area contributed by atoms with E-state index in [2.05, 4.69) is 11.0 Å². The van der Waals surface area contributed by atoms with Gasteiger partial charge in [0.05, 0.1) is 0 Å². The van der Waals surface area contributed by atoms with Crippen molar-refractivity contribution in [1.29, 1.82) is 0 Å². The van der Waals surface area contributed by atoms with Gasteiger partial charge >= 0.3 is 0 Å². The van der Waals surface area contributed by atoms with Gasteiger partial charge in [0.15, 0.2) is 6.10 Å². The summed E-state index contributed by atoms with van der Waals surface area (Å²) in [7, 11) is 0. The third-order valence-electron chi connectivity index (χ3n) is 4.84. The van der Waals surface area contributed by atoms with Crippen LogP contribution in [0.15, 0.2) is 24.3 Å². The van der Waals surface area contributed by atoms with E-state index in [0.717, 1.165) is 12.2 Å². The Labute approximate surface area is 119 Å². The summed E-state index contributed by atoms with van der Waals surface area (Å²) < 4.78 is 5.90. The highest BCUT2D eigenvalue weighted by Gasteiger charge is 2.42. The number of carbonyl (C=O) groups is 1. The minimum absolute atomic E-state index is 0.232. The molecule has 1 aliphatic heterocycles. The lowest BCUT2D eigenvalue weighted by Crippen LogP contribution is -2.47. The molecule has 4 rings (SSSR count). The average Bonchev–Trinajstić information content (AvgIpc) is 3.00. The van der Waals surface area contributed by atoms with E-state index in [4.69, 9.17) is 4.74 Å². The number of ether oxygens (including phenoxy) is 1. The molecule has 2 saturated carbocycles. The normalized spacial score (nSPS) is 25.3. The van der Waals surface area contributed by atoms with Crippen molar-refractivity contribution >= 4 is 5.91 Å². The zero-order chi connectivity index (χ0) is 13.5. The second-order valence-electron chi connectivity index (χ2n) is 6.33. The van der Waals surface area contributed by atoms with Crippen molar-refractivity contribution in [2.45, 2.75) is 63.1 Å². The van der Waals surface area contributed by atoms with E-state index >= 15 is 0 Å². The van der Waals surface area contributed by atoms with Gasteiger partial charge in [-0.25, -0.2) is 0 Å². The lowest BCUT2D eigenvalue weighted by molar-refractivity contribution is -0.141. The van der Waals surface area contributed by atoms with Gasteiger partial charge < -0.3 is 9.64 Å². The van der Waals surface area contributed by atoms with Crippen molar-refractivity contribution in [1.82, 2.24) is 4.90 Å². The van der Waals surface area contributed by atoms with Gasteiger partial charge in [-0.1, -0.05) is 31.0 Å². The second-order valence-corrected chi connectivity index (χ2v) is 6.33. The van der Waals surface area contributed by atoms with Gasteiger partial charge in [-0.15, -0.1) is 0 Å². The lowest BCUT2D eigenvalue weighted by Gasteiger charge is -2.31. The summed E-state index contributed by atoms with van der Waals surface area (Å²) in [5, 5.41) is 0. The molecule has 2 aliphatic carbocycles. The van der Waals surface area contributed by atoms with Crippen LogP contribution >= 0.6 is 0 Å². The Balaban J connectivity index is 1.52. The van der Waals surface area contributed by atoms with Crippen molar-refractivity contribution in [3.8, 4) is 5.75 Å². The fourth-order valence-corrected chi connectivity index (χ4v) is 3.68. The Kier molecular flexibility index (Phi) is 2.94. The Hall–Kier alpha value is -1.51. The zero-order valence-electron chi connectivity index (χ0n) is 11.8. The minimum Gasteiger partial charge on any atom is -0.480 e. The molecule has 1 amide bonds. The highest BCUT2D eigenvalue weighted by atomic mass is 16.5. The van der Waals surface area contributed by atoms with Crippen LogP contribution in [-0.4, -0.2) is 29.0 Å². The molecule has 3 aliphatic rings. The van der Waals surface area contributed by atoms with Crippen LogP contribution in [0.2, 0.25) is 0 Å². The van der Waals surface area contributed by atoms with Crippen LogP contribution in [0.1, 0.15) is 44.1 Å². The molecule has 20 heavy (non-hydrogen) atoms. The summed E-state index contributed by atoms with van der Waals surface area (Å²) in [5.41, 5.74) is 1.17. The molecule has 1 heterocycles. The molecule has 0 bridgehead atoms. The van der Waals surface area contributed by atoms with Crippen LogP contribution in [-0.2, 0) is 11.2 Å². The van der Waals surface area contributed by atoms with Gasteiger partial charge in [0.25, 0.3) is 5.91 Å². The average molecular weight is 271 g/mol. The molecule has 0 spiro atoms. The van der Waals surface area contributed by atoms with E-state index in [0.29, 0.717) is 12.1 Å². The Morgan fingerprint density at radius 1 is 1.05 bits per heavy atom. The van der Waals surface area contributed by atoms with E-state index in [9.17, 15) is 4.79 Å². The van der Waals surface area contributed by atoms with Crippen LogP contribution in [0.3, 0.4) is 0 Å². The monoisotopic (exact) mass is 271 g/mol. The Bertz CT molecular complexity index is 492. The maximum absolute atomic E-state index is 12.9. The van der Waals surface area contributed by atoms with E-state index < -0.39 is 0 Å². The molecule has 1 aromatic rings. The Morgan fingerprint density at radius 3 is 2.45 bits per heavy atom. The van der Waals surface area contributed by atoms with Crippen molar-refractivity contribution in [2.75, 3.05) is 0 Å². The summed E-state index contributed by atoms with van der Waals surface area (Å²) in [6, 6.07) is 9.01. The molecular formula is C17H21NO2. The van der Waals surface area contributed by atoms with Crippen LogP contribution in [0.5, 0.6) is 5.75 Å². The summed E-state index contributed by atoms with van der Waals surface area (Å²) in [6.45, 7) is 0. The smallest absolute Gasteiger partial charge is 0.264 e. The first kappa shape index (κ1) is 12.2. The molecule has 2 fully saturated rings. The minimum atomic E-state index is -0.284. The first-order chi connectivity index (χ1) is 9.83. The Morgan fingerprint density at radius 2 is 1.75 bits per heavy atom. The number of amides is 1.